The second kappa shape index (κ2) is 22.1. The Labute approximate surface area is 248 Å². The summed E-state index contributed by atoms with van der Waals surface area (Å²) in [6.07, 6.45) is 7.30. The van der Waals surface area contributed by atoms with Crippen molar-refractivity contribution in [2.24, 2.45) is 11.7 Å². The number of alkyl halides is 3. The highest BCUT2D eigenvalue weighted by atomic mass is 32.1. The largest absolute Gasteiger partial charge is 0.468 e. The van der Waals surface area contributed by atoms with Gasteiger partial charge in [-0.3, -0.25) is 4.79 Å². The molecule has 41 heavy (non-hydrogen) atoms. The first kappa shape index (κ1) is 38.4. The lowest BCUT2D eigenvalue weighted by molar-refractivity contribution is -0.154. The highest BCUT2D eigenvalue weighted by Crippen LogP contribution is 2.27. The van der Waals surface area contributed by atoms with E-state index in [0.29, 0.717) is 11.4 Å². The van der Waals surface area contributed by atoms with Crippen LogP contribution >= 0.6 is 12.6 Å². The summed E-state index contributed by atoms with van der Waals surface area (Å²) in [5.74, 6) is 0.519. The van der Waals surface area contributed by atoms with Gasteiger partial charge in [-0.1, -0.05) is 62.3 Å². The first-order valence-corrected chi connectivity index (χ1v) is 15.0. The molecule has 1 fully saturated rings. The zero-order valence-corrected chi connectivity index (χ0v) is 25.9. The average molecular weight is 604 g/mol. The van der Waals surface area contributed by atoms with Crippen molar-refractivity contribution in [1.82, 2.24) is 20.2 Å². The van der Waals surface area contributed by atoms with Crippen molar-refractivity contribution in [3.05, 3.63) is 47.9 Å². The summed E-state index contributed by atoms with van der Waals surface area (Å²) in [6.45, 7) is 13.5. The molecule has 0 atom stereocenters. The SMILES string of the molecule is C=C.CC.CS.Cc1nonc1CC(N)=O.FC(F)(F)COc1ccc2c(n1)CCN(CCC1CCCCC1)CC2. The van der Waals surface area contributed by atoms with E-state index >= 15 is 0 Å². The minimum Gasteiger partial charge on any atom is -0.468 e. The molecule has 0 radical (unpaired) electrons. The van der Waals surface area contributed by atoms with Gasteiger partial charge in [-0.15, -0.1) is 13.2 Å². The van der Waals surface area contributed by atoms with E-state index in [2.05, 4.69) is 50.6 Å². The van der Waals surface area contributed by atoms with Crippen LogP contribution in [-0.2, 0) is 24.1 Å². The summed E-state index contributed by atoms with van der Waals surface area (Å²) in [5, 5.41) is 6.94. The van der Waals surface area contributed by atoms with Crippen LogP contribution in [0.15, 0.2) is 29.9 Å². The fourth-order valence-corrected chi connectivity index (χ4v) is 4.48. The van der Waals surface area contributed by atoms with E-state index in [4.69, 9.17) is 10.5 Å². The molecule has 0 spiro atoms. The second-order valence-corrected chi connectivity index (χ2v) is 9.23. The summed E-state index contributed by atoms with van der Waals surface area (Å²) in [7, 11) is 0. The molecule has 1 aliphatic heterocycles. The Balaban J connectivity index is 0.000000835. The number of carbonyl (C=O) groups excluding carboxylic acids is 1. The molecule has 2 aromatic heterocycles. The summed E-state index contributed by atoms with van der Waals surface area (Å²) < 4.78 is 45.9. The Morgan fingerprint density at radius 2 is 1.76 bits per heavy atom. The van der Waals surface area contributed by atoms with Crippen molar-refractivity contribution in [2.75, 3.05) is 32.5 Å². The van der Waals surface area contributed by atoms with E-state index in [1.165, 1.54) is 38.5 Å². The number of carbonyl (C=O) groups is 1. The zero-order chi connectivity index (χ0) is 31.3. The topological polar surface area (TPSA) is 107 Å². The van der Waals surface area contributed by atoms with Crippen molar-refractivity contribution >= 4 is 18.5 Å². The molecule has 2 aromatic rings. The third-order valence-corrected chi connectivity index (χ3v) is 6.46. The number of ether oxygens (including phenoxy) is 1. The zero-order valence-electron chi connectivity index (χ0n) is 25.0. The molecule has 8 nitrogen and oxygen atoms in total. The van der Waals surface area contributed by atoms with E-state index in [-0.39, 0.29) is 12.3 Å². The third-order valence-electron chi connectivity index (χ3n) is 6.46. The molecule has 1 aliphatic carbocycles. The molecule has 234 valence electrons. The Bertz CT molecular complexity index is 969. The molecule has 2 N–H and O–H groups in total. The number of fused-ring (bicyclic) bond motifs is 1. The number of aromatic nitrogens is 3. The van der Waals surface area contributed by atoms with Gasteiger partial charge < -0.3 is 15.4 Å². The number of hydrogen-bond acceptors (Lipinski definition) is 8. The normalized spacial score (nSPS) is 15.0. The van der Waals surface area contributed by atoms with E-state index in [1.807, 2.05) is 19.9 Å². The first-order valence-electron chi connectivity index (χ1n) is 14.1. The summed E-state index contributed by atoms with van der Waals surface area (Å²) in [6, 6.07) is 3.43. The fraction of sp³-hybridized carbons (Fsp3) is 0.655. The molecule has 0 aromatic carbocycles. The molecule has 0 saturated heterocycles. The average Bonchev–Trinajstić information content (AvgIpc) is 3.27. The van der Waals surface area contributed by atoms with E-state index in [0.717, 1.165) is 49.7 Å². The van der Waals surface area contributed by atoms with Gasteiger partial charge in [0.05, 0.1) is 6.42 Å². The number of nitrogens with zero attached hydrogens (tertiary/aromatic N) is 4. The van der Waals surface area contributed by atoms with Gasteiger partial charge in [0.1, 0.15) is 11.4 Å². The lowest BCUT2D eigenvalue weighted by Crippen LogP contribution is -2.29. The smallest absolute Gasteiger partial charge is 0.422 e. The number of rotatable bonds is 7. The molecule has 4 rings (SSSR count). The maximum absolute atomic E-state index is 12.3. The van der Waals surface area contributed by atoms with Crippen LogP contribution in [0, 0.1) is 12.8 Å². The highest BCUT2D eigenvalue weighted by molar-refractivity contribution is 7.79. The third kappa shape index (κ3) is 16.4. The molecule has 0 bridgehead atoms. The van der Waals surface area contributed by atoms with Crippen LogP contribution in [0.5, 0.6) is 5.88 Å². The first-order chi connectivity index (χ1) is 19.7. The number of pyridine rings is 1. The predicted octanol–water partition coefficient (Wildman–Crippen LogP) is 6.17. The maximum atomic E-state index is 12.3. The highest BCUT2D eigenvalue weighted by Gasteiger charge is 2.29. The number of hydrogen-bond donors (Lipinski definition) is 2. The van der Waals surface area contributed by atoms with Crippen molar-refractivity contribution in [3.8, 4) is 5.88 Å². The van der Waals surface area contributed by atoms with Crippen LogP contribution in [0.4, 0.5) is 13.2 Å². The van der Waals surface area contributed by atoms with Crippen molar-refractivity contribution < 1.29 is 27.3 Å². The van der Waals surface area contributed by atoms with Crippen LogP contribution in [0.3, 0.4) is 0 Å². The standard InChI is InChI=1S/C19H27F3N2O.C5H7N3O2.C2H6.C2H4.CH4S/c20-19(21,22)14-25-18-7-6-16-9-12-24(13-10-17(16)23-18)11-8-15-4-2-1-3-5-15;1-3-4(2-5(6)9)8-10-7-3;3*1-2/h6-7,15H,1-5,8-14H2;2H2,1H3,(H2,6,9);1-2H3;1-2H2;2H,1H3. The number of thiol groups is 1. The Morgan fingerprint density at radius 3 is 2.32 bits per heavy atom. The molecular weight excluding hydrogens is 555 g/mol. The minimum absolute atomic E-state index is 0.0757. The molecule has 0 unspecified atom stereocenters. The van der Waals surface area contributed by atoms with Crippen LogP contribution in [0.1, 0.15) is 75.0 Å². The van der Waals surface area contributed by atoms with Gasteiger partial charge in [0, 0.05) is 31.3 Å². The summed E-state index contributed by atoms with van der Waals surface area (Å²) in [4.78, 5) is 17.1. The molecule has 1 saturated carbocycles. The van der Waals surface area contributed by atoms with Crippen LogP contribution in [0.2, 0.25) is 0 Å². The number of amides is 1. The van der Waals surface area contributed by atoms with Gasteiger partial charge in [0.2, 0.25) is 11.8 Å². The molecule has 2 aliphatic rings. The van der Waals surface area contributed by atoms with Crippen molar-refractivity contribution in [1.29, 1.82) is 0 Å². The van der Waals surface area contributed by atoms with Crippen molar-refractivity contribution in [2.45, 2.75) is 84.7 Å². The summed E-state index contributed by atoms with van der Waals surface area (Å²) >= 11 is 3.53. The lowest BCUT2D eigenvalue weighted by atomic mass is 9.87. The van der Waals surface area contributed by atoms with Gasteiger partial charge in [0.25, 0.3) is 0 Å². The molecule has 1 amide bonds. The Kier molecular flexibility index (Phi) is 20.7. The van der Waals surface area contributed by atoms with Gasteiger partial charge in [-0.25, -0.2) is 9.61 Å². The van der Waals surface area contributed by atoms with Crippen LogP contribution in [0.25, 0.3) is 0 Å². The molecular formula is C29H48F3N5O3S. The van der Waals surface area contributed by atoms with E-state index in [1.54, 1.807) is 19.2 Å². The lowest BCUT2D eigenvalue weighted by Gasteiger charge is -2.26. The Morgan fingerprint density at radius 1 is 1.12 bits per heavy atom. The van der Waals surface area contributed by atoms with Gasteiger partial charge in [-0.2, -0.15) is 25.8 Å². The monoisotopic (exact) mass is 603 g/mol. The van der Waals surface area contributed by atoms with Crippen molar-refractivity contribution in [3.63, 3.8) is 0 Å². The van der Waals surface area contributed by atoms with Gasteiger partial charge in [0.15, 0.2) is 6.61 Å². The van der Waals surface area contributed by atoms with E-state index < -0.39 is 18.7 Å². The number of halogens is 3. The number of aryl methyl sites for hydroxylation is 1. The molecule has 12 heteroatoms. The maximum Gasteiger partial charge on any atom is 0.422 e. The quantitative estimate of drug-likeness (QED) is 0.288. The Hall–Kier alpha value is -2.60. The number of primary amides is 1. The van der Waals surface area contributed by atoms with Crippen LogP contribution < -0.4 is 10.5 Å². The summed E-state index contributed by atoms with van der Waals surface area (Å²) in [5.41, 5.74) is 8.05. The van der Waals surface area contributed by atoms with Gasteiger partial charge >= 0.3 is 6.18 Å². The van der Waals surface area contributed by atoms with Crippen LogP contribution in [-0.4, -0.2) is 64.8 Å². The fourth-order valence-electron chi connectivity index (χ4n) is 4.48. The second-order valence-electron chi connectivity index (χ2n) is 9.23. The predicted molar refractivity (Wildman–Crippen MR) is 160 cm³/mol. The number of nitrogens with two attached hydrogens (primary N) is 1. The van der Waals surface area contributed by atoms with E-state index in [9.17, 15) is 18.0 Å². The molecule has 3 heterocycles. The van der Waals surface area contributed by atoms with Gasteiger partial charge in [-0.05, 0) is 44.0 Å². The minimum atomic E-state index is -4.33.